The second-order valence-corrected chi connectivity index (χ2v) is 7.19. The first kappa shape index (κ1) is 16.0. The number of fused-ring (bicyclic) bond motifs is 5. The van der Waals surface area contributed by atoms with Gasteiger partial charge in [-0.15, -0.1) is 0 Å². The minimum atomic E-state index is -0.702. The van der Waals surface area contributed by atoms with Gasteiger partial charge in [0.2, 0.25) is 11.8 Å². The average molecular weight is 341 g/mol. The molecular formula is C19H19NO5. The number of Topliss-reactive ketones (excluding diaryl/α,β-unsaturated/α-hetero) is 1. The number of carbonyl (C=O) groups excluding carboxylic acids is 4. The van der Waals surface area contributed by atoms with E-state index in [0.29, 0.717) is 0 Å². The van der Waals surface area contributed by atoms with Crippen molar-refractivity contribution in [2.24, 2.45) is 23.7 Å². The Kier molecular flexibility index (Phi) is 3.71. The van der Waals surface area contributed by atoms with Crippen LogP contribution in [0, 0.1) is 23.7 Å². The van der Waals surface area contributed by atoms with E-state index in [0.717, 1.165) is 19.3 Å². The van der Waals surface area contributed by atoms with Crippen LogP contribution in [0.1, 0.15) is 36.5 Å². The molecule has 0 N–H and O–H groups in total. The molecule has 4 atom stereocenters. The van der Waals surface area contributed by atoms with Crippen molar-refractivity contribution >= 4 is 29.3 Å². The van der Waals surface area contributed by atoms with Crippen molar-refractivity contribution in [1.29, 1.82) is 0 Å². The number of amides is 2. The minimum Gasteiger partial charge on any atom is -0.454 e. The van der Waals surface area contributed by atoms with Gasteiger partial charge < -0.3 is 4.74 Å². The van der Waals surface area contributed by atoms with Gasteiger partial charge in [-0.3, -0.25) is 14.4 Å². The lowest BCUT2D eigenvalue weighted by Crippen LogP contribution is -2.34. The largest absolute Gasteiger partial charge is 0.454 e. The van der Waals surface area contributed by atoms with Crippen LogP contribution in [-0.2, 0) is 19.1 Å². The number of ether oxygens (including phenoxy) is 1. The summed E-state index contributed by atoms with van der Waals surface area (Å²) in [7, 11) is 0. The maximum atomic E-state index is 12.9. The zero-order chi connectivity index (χ0) is 17.7. The Morgan fingerprint density at radius 1 is 1.08 bits per heavy atom. The molecule has 0 spiro atoms. The number of para-hydroxylation sites is 1. The first-order valence-corrected chi connectivity index (χ1v) is 8.62. The van der Waals surface area contributed by atoms with Crippen molar-refractivity contribution in [3.05, 3.63) is 29.8 Å². The number of esters is 1. The first-order chi connectivity index (χ1) is 12.0. The predicted molar refractivity (Wildman–Crippen MR) is 87.7 cm³/mol. The molecule has 0 radical (unpaired) electrons. The Hall–Kier alpha value is -2.50. The molecule has 1 aliphatic heterocycles. The van der Waals surface area contributed by atoms with E-state index in [4.69, 9.17) is 4.74 Å². The smallest absolute Gasteiger partial charge is 0.340 e. The molecule has 1 aromatic rings. The number of anilines is 1. The number of ketones is 1. The fraction of sp³-hybridized carbons (Fsp3) is 0.474. The molecule has 3 fully saturated rings. The van der Waals surface area contributed by atoms with Gasteiger partial charge in [-0.2, -0.15) is 0 Å². The van der Waals surface area contributed by atoms with Gasteiger partial charge >= 0.3 is 5.97 Å². The minimum absolute atomic E-state index is 0.137. The third-order valence-electron chi connectivity index (χ3n) is 5.70. The Morgan fingerprint density at radius 3 is 2.28 bits per heavy atom. The molecule has 2 aliphatic carbocycles. The molecule has 1 saturated heterocycles. The van der Waals surface area contributed by atoms with E-state index in [1.165, 1.54) is 17.9 Å². The molecule has 3 aliphatic rings. The summed E-state index contributed by atoms with van der Waals surface area (Å²) in [6.07, 6.45) is 2.96. The van der Waals surface area contributed by atoms with E-state index < -0.39 is 5.97 Å². The molecule has 4 rings (SSSR count). The number of hydrogen-bond donors (Lipinski definition) is 0. The topological polar surface area (TPSA) is 80.8 Å². The summed E-state index contributed by atoms with van der Waals surface area (Å²) in [5.41, 5.74) is 0.401. The number of carbonyl (C=O) groups is 4. The van der Waals surface area contributed by atoms with Crippen LogP contribution in [0.15, 0.2) is 24.3 Å². The van der Waals surface area contributed by atoms with Crippen molar-refractivity contribution in [3.8, 4) is 0 Å². The highest BCUT2D eigenvalue weighted by Crippen LogP contribution is 2.56. The van der Waals surface area contributed by atoms with Crippen LogP contribution in [0.25, 0.3) is 0 Å². The lowest BCUT2D eigenvalue weighted by molar-refractivity contribution is -0.123. The van der Waals surface area contributed by atoms with Crippen LogP contribution in [0.4, 0.5) is 5.69 Å². The van der Waals surface area contributed by atoms with Crippen LogP contribution >= 0.6 is 0 Å². The van der Waals surface area contributed by atoms with Crippen molar-refractivity contribution in [2.75, 3.05) is 11.5 Å². The monoisotopic (exact) mass is 341 g/mol. The molecule has 1 heterocycles. The van der Waals surface area contributed by atoms with E-state index in [9.17, 15) is 19.2 Å². The summed E-state index contributed by atoms with van der Waals surface area (Å²) in [5, 5.41) is 0. The van der Waals surface area contributed by atoms with Crippen LogP contribution in [-0.4, -0.2) is 30.2 Å². The number of benzene rings is 1. The summed E-state index contributed by atoms with van der Waals surface area (Å²) >= 11 is 0. The summed E-state index contributed by atoms with van der Waals surface area (Å²) in [6, 6.07) is 6.42. The molecule has 25 heavy (non-hydrogen) atoms. The Labute approximate surface area is 145 Å². The van der Waals surface area contributed by atoms with Crippen LogP contribution < -0.4 is 4.90 Å². The second-order valence-electron chi connectivity index (χ2n) is 7.19. The maximum Gasteiger partial charge on any atom is 0.340 e. The van der Waals surface area contributed by atoms with Gasteiger partial charge in [0.1, 0.15) is 6.61 Å². The molecule has 6 heteroatoms. The number of hydrogen-bond acceptors (Lipinski definition) is 5. The highest BCUT2D eigenvalue weighted by atomic mass is 16.5. The summed E-state index contributed by atoms with van der Waals surface area (Å²) < 4.78 is 4.97. The van der Waals surface area contributed by atoms with Gasteiger partial charge in [-0.1, -0.05) is 12.1 Å². The van der Waals surface area contributed by atoms with E-state index in [1.807, 2.05) is 0 Å². The highest BCUT2D eigenvalue weighted by molar-refractivity contribution is 6.24. The van der Waals surface area contributed by atoms with Gasteiger partial charge in [0, 0.05) is 0 Å². The molecule has 2 amide bonds. The molecule has 1 aromatic carbocycles. The standard InChI is InChI=1S/C19H19NO5/c1-10(21)9-25-19(24)13-4-2-3-5-14(13)20-17(22)15-11-6-7-12(8-11)16(15)18(20)23/h2-5,11-12,15-16H,6-9H2,1H3/t11-,12-,15-,16-/m0/s1. The second kappa shape index (κ2) is 5.79. The van der Waals surface area contributed by atoms with Crippen LogP contribution in [0.5, 0.6) is 0 Å². The molecule has 2 saturated carbocycles. The summed E-state index contributed by atoms with van der Waals surface area (Å²) in [5.74, 6) is -1.29. The normalized spacial score (nSPS) is 29.9. The van der Waals surface area contributed by atoms with E-state index >= 15 is 0 Å². The van der Waals surface area contributed by atoms with E-state index in [1.54, 1.807) is 18.2 Å². The SMILES string of the molecule is CC(=O)COC(=O)c1ccccc1N1C(=O)[C@H]2[C@H]3CC[C@@H](C3)[C@@H]2C1=O. The molecule has 6 nitrogen and oxygen atoms in total. The quantitative estimate of drug-likeness (QED) is 0.618. The van der Waals surface area contributed by atoms with Crippen molar-refractivity contribution in [1.82, 2.24) is 0 Å². The Morgan fingerprint density at radius 2 is 1.68 bits per heavy atom. The fourth-order valence-corrected chi connectivity index (χ4v) is 4.73. The van der Waals surface area contributed by atoms with Gasteiger partial charge in [-0.25, -0.2) is 9.69 Å². The summed E-state index contributed by atoms with van der Waals surface area (Å²) in [6.45, 7) is 0.994. The zero-order valence-corrected chi connectivity index (χ0v) is 13.9. The van der Waals surface area contributed by atoms with Gasteiger partial charge in [0.15, 0.2) is 5.78 Å². The van der Waals surface area contributed by atoms with Crippen LogP contribution in [0.2, 0.25) is 0 Å². The van der Waals surface area contributed by atoms with Gasteiger partial charge in [-0.05, 0) is 50.2 Å². The van der Waals surface area contributed by atoms with Crippen molar-refractivity contribution in [2.45, 2.75) is 26.2 Å². The van der Waals surface area contributed by atoms with Gasteiger partial charge in [0.25, 0.3) is 0 Å². The number of imide groups is 1. The van der Waals surface area contributed by atoms with E-state index in [2.05, 4.69) is 0 Å². The van der Waals surface area contributed by atoms with Crippen LogP contribution in [0.3, 0.4) is 0 Å². The third-order valence-corrected chi connectivity index (χ3v) is 5.70. The maximum absolute atomic E-state index is 12.9. The van der Waals surface area contributed by atoms with Gasteiger partial charge in [0.05, 0.1) is 23.1 Å². The van der Waals surface area contributed by atoms with Crippen molar-refractivity contribution in [3.63, 3.8) is 0 Å². The van der Waals surface area contributed by atoms with E-state index in [-0.39, 0.29) is 59.1 Å². The molecule has 2 bridgehead atoms. The predicted octanol–water partition coefficient (Wildman–Crippen LogP) is 1.97. The Bertz CT molecular complexity index is 758. The number of rotatable bonds is 4. The summed E-state index contributed by atoms with van der Waals surface area (Å²) in [4.78, 5) is 50.4. The zero-order valence-electron chi connectivity index (χ0n) is 13.9. The highest BCUT2D eigenvalue weighted by Gasteiger charge is 2.61. The lowest BCUT2D eigenvalue weighted by Gasteiger charge is -2.19. The average Bonchev–Trinajstić information content (AvgIpc) is 3.27. The molecular weight excluding hydrogens is 322 g/mol. The van der Waals surface area contributed by atoms with Crippen molar-refractivity contribution < 1.29 is 23.9 Å². The first-order valence-electron chi connectivity index (χ1n) is 8.62. The lowest BCUT2D eigenvalue weighted by atomic mass is 9.81. The Balaban J connectivity index is 1.67. The molecule has 0 unspecified atom stereocenters. The molecule has 130 valence electrons. The third kappa shape index (κ3) is 2.39. The number of nitrogens with zero attached hydrogens (tertiary/aromatic N) is 1. The fourth-order valence-electron chi connectivity index (χ4n) is 4.73. The molecule has 0 aromatic heterocycles.